The number of aromatic hydroxyl groups is 1. The summed E-state index contributed by atoms with van der Waals surface area (Å²) in [5.74, 6) is -1.52. The predicted molar refractivity (Wildman–Crippen MR) is 74.2 cm³/mol. The van der Waals surface area contributed by atoms with Crippen LogP contribution in [0.25, 0.3) is 0 Å². The van der Waals surface area contributed by atoms with Gasteiger partial charge in [-0.05, 0) is 24.1 Å². The number of rotatable bonds is 6. The SMILES string of the molecule is CCC(CNC(=O)c1ccc(Br)cc1O)CC(=O)O. The highest BCUT2D eigenvalue weighted by Crippen LogP contribution is 2.22. The van der Waals surface area contributed by atoms with E-state index in [-0.39, 0.29) is 30.2 Å². The molecule has 104 valence electrons. The second-order valence-electron chi connectivity index (χ2n) is 4.24. The molecule has 0 heterocycles. The van der Waals surface area contributed by atoms with Gasteiger partial charge in [-0.25, -0.2) is 0 Å². The van der Waals surface area contributed by atoms with E-state index >= 15 is 0 Å². The normalized spacial score (nSPS) is 11.9. The topological polar surface area (TPSA) is 86.6 Å². The molecule has 0 bridgehead atoms. The average Bonchev–Trinajstić information content (AvgIpc) is 2.33. The third-order valence-electron chi connectivity index (χ3n) is 2.80. The number of aliphatic carboxylic acids is 1. The number of carboxylic acids is 1. The monoisotopic (exact) mass is 329 g/mol. The highest BCUT2D eigenvalue weighted by atomic mass is 79.9. The molecule has 0 radical (unpaired) electrons. The van der Waals surface area contributed by atoms with Gasteiger partial charge >= 0.3 is 5.97 Å². The van der Waals surface area contributed by atoms with Crippen molar-refractivity contribution in [3.63, 3.8) is 0 Å². The van der Waals surface area contributed by atoms with Crippen molar-refractivity contribution in [2.75, 3.05) is 6.54 Å². The van der Waals surface area contributed by atoms with E-state index in [1.807, 2.05) is 6.92 Å². The van der Waals surface area contributed by atoms with E-state index in [0.717, 1.165) is 0 Å². The minimum absolute atomic E-state index is 0.0170. The van der Waals surface area contributed by atoms with Crippen LogP contribution in [0.3, 0.4) is 0 Å². The van der Waals surface area contributed by atoms with Crippen molar-refractivity contribution in [1.82, 2.24) is 5.32 Å². The molecule has 0 saturated heterocycles. The third-order valence-corrected chi connectivity index (χ3v) is 3.29. The number of carbonyl (C=O) groups excluding carboxylic acids is 1. The first-order valence-corrected chi connectivity index (χ1v) is 6.71. The molecular formula is C13H16BrNO4. The van der Waals surface area contributed by atoms with Crippen molar-refractivity contribution in [3.8, 4) is 5.75 Å². The van der Waals surface area contributed by atoms with Crippen LogP contribution < -0.4 is 5.32 Å². The molecule has 0 aliphatic heterocycles. The Kier molecular flexibility index (Phi) is 5.82. The minimum atomic E-state index is -0.882. The molecule has 1 atom stereocenters. The van der Waals surface area contributed by atoms with Crippen LogP contribution >= 0.6 is 15.9 Å². The van der Waals surface area contributed by atoms with Crippen LogP contribution in [0.1, 0.15) is 30.1 Å². The van der Waals surface area contributed by atoms with Crippen molar-refractivity contribution in [2.45, 2.75) is 19.8 Å². The summed E-state index contributed by atoms with van der Waals surface area (Å²) in [6.45, 7) is 2.15. The fraction of sp³-hybridized carbons (Fsp3) is 0.385. The molecule has 1 unspecified atom stereocenters. The van der Waals surface area contributed by atoms with Crippen molar-refractivity contribution in [3.05, 3.63) is 28.2 Å². The molecule has 0 spiro atoms. The smallest absolute Gasteiger partial charge is 0.303 e. The number of carbonyl (C=O) groups is 2. The van der Waals surface area contributed by atoms with Gasteiger partial charge in [0.2, 0.25) is 0 Å². The highest BCUT2D eigenvalue weighted by Gasteiger charge is 2.15. The Morgan fingerprint density at radius 1 is 1.42 bits per heavy atom. The Hall–Kier alpha value is -1.56. The van der Waals surface area contributed by atoms with Gasteiger partial charge in [0.15, 0.2) is 0 Å². The molecule has 1 aromatic carbocycles. The number of halogens is 1. The van der Waals surface area contributed by atoms with Crippen LogP contribution in [0, 0.1) is 5.92 Å². The van der Waals surface area contributed by atoms with Gasteiger partial charge in [0.25, 0.3) is 5.91 Å². The number of phenolic OH excluding ortho intramolecular Hbond substituents is 1. The zero-order valence-corrected chi connectivity index (χ0v) is 12.1. The summed E-state index contributed by atoms with van der Waals surface area (Å²) in [6.07, 6.45) is 0.683. The maximum absolute atomic E-state index is 11.8. The van der Waals surface area contributed by atoms with Crippen molar-refractivity contribution in [2.24, 2.45) is 5.92 Å². The zero-order valence-electron chi connectivity index (χ0n) is 10.5. The molecular weight excluding hydrogens is 314 g/mol. The summed E-state index contributed by atoms with van der Waals surface area (Å²) < 4.78 is 0.680. The molecule has 1 rings (SSSR count). The number of phenols is 1. The molecule has 19 heavy (non-hydrogen) atoms. The molecule has 0 saturated carbocycles. The Labute approximate surface area is 119 Å². The zero-order chi connectivity index (χ0) is 14.4. The highest BCUT2D eigenvalue weighted by molar-refractivity contribution is 9.10. The van der Waals surface area contributed by atoms with E-state index in [0.29, 0.717) is 10.9 Å². The number of benzene rings is 1. The molecule has 0 aliphatic carbocycles. The van der Waals surface area contributed by atoms with Crippen LogP contribution in [0.15, 0.2) is 22.7 Å². The maximum Gasteiger partial charge on any atom is 0.303 e. The first kappa shape index (κ1) is 15.5. The lowest BCUT2D eigenvalue weighted by molar-refractivity contribution is -0.138. The van der Waals surface area contributed by atoms with Gasteiger partial charge in [-0.2, -0.15) is 0 Å². The predicted octanol–water partition coefficient (Wildman–Crippen LogP) is 2.39. The molecule has 3 N–H and O–H groups in total. The second kappa shape index (κ2) is 7.13. The van der Waals surface area contributed by atoms with Gasteiger partial charge in [-0.1, -0.05) is 29.3 Å². The molecule has 0 aliphatic rings. The van der Waals surface area contributed by atoms with Gasteiger partial charge in [0, 0.05) is 17.4 Å². The summed E-state index contributed by atoms with van der Waals surface area (Å²) in [5, 5.41) is 21.0. The van der Waals surface area contributed by atoms with Crippen LogP contribution in [0.4, 0.5) is 0 Å². The van der Waals surface area contributed by atoms with E-state index in [1.165, 1.54) is 12.1 Å². The third kappa shape index (κ3) is 4.90. The first-order valence-electron chi connectivity index (χ1n) is 5.92. The average molecular weight is 330 g/mol. The van der Waals surface area contributed by atoms with Gasteiger partial charge in [0.1, 0.15) is 5.75 Å². The van der Waals surface area contributed by atoms with E-state index in [4.69, 9.17) is 5.11 Å². The number of carboxylic acid groups (broad SMARTS) is 1. The Balaban J connectivity index is 2.61. The van der Waals surface area contributed by atoms with E-state index < -0.39 is 11.9 Å². The largest absolute Gasteiger partial charge is 0.507 e. The lowest BCUT2D eigenvalue weighted by atomic mass is 10.0. The standard InChI is InChI=1S/C13H16BrNO4/c1-2-8(5-12(17)18)7-15-13(19)10-4-3-9(14)6-11(10)16/h3-4,6,8,16H,2,5,7H2,1H3,(H,15,19)(H,17,18). The van der Waals surface area contributed by atoms with Gasteiger partial charge in [-0.15, -0.1) is 0 Å². The van der Waals surface area contributed by atoms with Crippen LogP contribution in [-0.4, -0.2) is 28.6 Å². The summed E-state index contributed by atoms with van der Waals surface area (Å²) in [6, 6.07) is 4.60. The fourth-order valence-corrected chi connectivity index (χ4v) is 1.99. The first-order chi connectivity index (χ1) is 8.93. The summed E-state index contributed by atoms with van der Waals surface area (Å²) in [4.78, 5) is 22.5. The van der Waals surface area contributed by atoms with Crippen molar-refractivity contribution >= 4 is 27.8 Å². The molecule has 5 nitrogen and oxygen atoms in total. The second-order valence-corrected chi connectivity index (χ2v) is 5.16. The Morgan fingerprint density at radius 3 is 2.63 bits per heavy atom. The number of hydrogen-bond donors (Lipinski definition) is 3. The summed E-state index contributed by atoms with van der Waals surface area (Å²) in [7, 11) is 0. The van der Waals surface area contributed by atoms with E-state index in [1.54, 1.807) is 6.07 Å². The lowest BCUT2D eigenvalue weighted by Gasteiger charge is -2.13. The number of nitrogens with one attached hydrogen (secondary N) is 1. The van der Waals surface area contributed by atoms with Crippen molar-refractivity contribution < 1.29 is 19.8 Å². The van der Waals surface area contributed by atoms with Gasteiger partial charge in [0.05, 0.1) is 5.56 Å². The Bertz CT molecular complexity index is 476. The van der Waals surface area contributed by atoms with Gasteiger partial charge < -0.3 is 15.5 Å². The number of amides is 1. The molecule has 1 amide bonds. The quantitative estimate of drug-likeness (QED) is 0.747. The lowest BCUT2D eigenvalue weighted by Crippen LogP contribution is -2.30. The summed E-state index contributed by atoms with van der Waals surface area (Å²) in [5.41, 5.74) is 0.174. The van der Waals surface area contributed by atoms with E-state index in [9.17, 15) is 14.7 Å². The van der Waals surface area contributed by atoms with Crippen molar-refractivity contribution in [1.29, 1.82) is 0 Å². The fourth-order valence-electron chi connectivity index (χ4n) is 1.64. The molecule has 6 heteroatoms. The summed E-state index contributed by atoms with van der Waals surface area (Å²) >= 11 is 3.19. The van der Waals surface area contributed by atoms with Crippen LogP contribution in [0.5, 0.6) is 5.75 Å². The van der Waals surface area contributed by atoms with Crippen LogP contribution in [-0.2, 0) is 4.79 Å². The maximum atomic E-state index is 11.8. The Morgan fingerprint density at radius 2 is 2.11 bits per heavy atom. The molecule has 0 aromatic heterocycles. The molecule has 0 fully saturated rings. The van der Waals surface area contributed by atoms with E-state index in [2.05, 4.69) is 21.2 Å². The van der Waals surface area contributed by atoms with Crippen LogP contribution in [0.2, 0.25) is 0 Å². The number of hydrogen-bond acceptors (Lipinski definition) is 3. The minimum Gasteiger partial charge on any atom is -0.507 e. The van der Waals surface area contributed by atoms with Gasteiger partial charge in [-0.3, -0.25) is 9.59 Å². The molecule has 1 aromatic rings.